The van der Waals surface area contributed by atoms with Gasteiger partial charge in [0, 0.05) is 13.7 Å². The van der Waals surface area contributed by atoms with Gasteiger partial charge in [-0.25, -0.2) is 0 Å². The van der Waals surface area contributed by atoms with E-state index in [1.54, 1.807) is 7.11 Å². The molecule has 0 amide bonds. The molecule has 0 saturated carbocycles. The van der Waals surface area contributed by atoms with Crippen LogP contribution in [-0.2, 0) is 4.74 Å². The predicted octanol–water partition coefficient (Wildman–Crippen LogP) is 0.810. The first-order chi connectivity index (χ1) is 4.93. The molecule has 0 N–H and O–H groups in total. The molecule has 2 heteroatoms. The van der Waals surface area contributed by atoms with Crippen molar-refractivity contribution in [3.05, 3.63) is 6.42 Å². The van der Waals surface area contributed by atoms with Crippen molar-refractivity contribution in [1.82, 2.24) is 4.90 Å². The Morgan fingerprint density at radius 1 is 1.40 bits per heavy atom. The first kappa shape index (κ1) is 8.02. The van der Waals surface area contributed by atoms with Gasteiger partial charge >= 0.3 is 0 Å². The number of rotatable bonds is 3. The van der Waals surface area contributed by atoms with Gasteiger partial charge in [-0.05, 0) is 32.4 Å². The summed E-state index contributed by atoms with van der Waals surface area (Å²) in [4.78, 5) is 2.42. The number of hydrogen-bond donors (Lipinski definition) is 0. The Bertz CT molecular complexity index is 79.3. The van der Waals surface area contributed by atoms with E-state index in [2.05, 4.69) is 11.3 Å². The van der Waals surface area contributed by atoms with Crippen molar-refractivity contribution in [2.45, 2.75) is 12.8 Å². The van der Waals surface area contributed by atoms with Crippen molar-refractivity contribution < 1.29 is 4.74 Å². The highest BCUT2D eigenvalue weighted by Crippen LogP contribution is 2.06. The highest BCUT2D eigenvalue weighted by Gasteiger charge is 2.08. The molecule has 0 atom stereocenters. The highest BCUT2D eigenvalue weighted by atomic mass is 16.5. The molecular weight excluding hydrogens is 126 g/mol. The normalized spacial score (nSPS) is 21.3. The maximum Gasteiger partial charge on any atom is 0.0589 e. The molecule has 1 saturated heterocycles. The second-order valence-corrected chi connectivity index (χ2v) is 2.58. The first-order valence-electron chi connectivity index (χ1n) is 3.85. The summed E-state index contributed by atoms with van der Waals surface area (Å²) in [5.74, 6) is 0. The fraction of sp³-hybridized carbons (Fsp3) is 0.875. The van der Waals surface area contributed by atoms with Crippen molar-refractivity contribution in [3.8, 4) is 0 Å². The van der Waals surface area contributed by atoms with Crippen LogP contribution in [0.3, 0.4) is 0 Å². The minimum absolute atomic E-state index is 0.861. The fourth-order valence-electron chi connectivity index (χ4n) is 1.16. The topological polar surface area (TPSA) is 12.5 Å². The first-order valence-corrected chi connectivity index (χ1v) is 3.85. The molecule has 1 aliphatic rings. The zero-order valence-electron chi connectivity index (χ0n) is 6.60. The molecule has 0 spiro atoms. The average molecular weight is 141 g/mol. The Labute approximate surface area is 63.2 Å². The maximum atomic E-state index is 4.98. The van der Waals surface area contributed by atoms with E-state index < -0.39 is 0 Å². The average Bonchev–Trinajstić information content (AvgIpc) is 2.03. The number of ether oxygens (including phenoxy) is 1. The summed E-state index contributed by atoms with van der Waals surface area (Å²) in [6, 6.07) is 0. The molecule has 2 radical (unpaired) electrons. The van der Waals surface area contributed by atoms with Gasteiger partial charge in [-0.3, -0.25) is 0 Å². The fourth-order valence-corrected chi connectivity index (χ4v) is 1.16. The van der Waals surface area contributed by atoms with E-state index in [9.17, 15) is 0 Å². The molecule has 0 bridgehead atoms. The van der Waals surface area contributed by atoms with Crippen LogP contribution in [0.5, 0.6) is 0 Å². The van der Waals surface area contributed by atoms with E-state index >= 15 is 0 Å². The largest absolute Gasteiger partial charge is 0.383 e. The molecular formula is C8H15NO. The molecule has 1 rings (SSSR count). The van der Waals surface area contributed by atoms with Crippen molar-refractivity contribution in [2.75, 3.05) is 33.4 Å². The quantitative estimate of drug-likeness (QED) is 0.576. The predicted molar refractivity (Wildman–Crippen MR) is 40.8 cm³/mol. The zero-order chi connectivity index (χ0) is 7.23. The number of likely N-dealkylation sites (tertiary alicyclic amines) is 1. The molecule has 10 heavy (non-hydrogen) atoms. The van der Waals surface area contributed by atoms with E-state index in [0.29, 0.717) is 0 Å². The van der Waals surface area contributed by atoms with Gasteiger partial charge in [-0.15, -0.1) is 0 Å². The van der Waals surface area contributed by atoms with Gasteiger partial charge < -0.3 is 9.64 Å². The monoisotopic (exact) mass is 141 g/mol. The van der Waals surface area contributed by atoms with Crippen LogP contribution in [0.2, 0.25) is 0 Å². The summed E-state index contributed by atoms with van der Waals surface area (Å²) >= 11 is 0. The van der Waals surface area contributed by atoms with Crippen LogP contribution in [0, 0.1) is 6.42 Å². The molecule has 0 aliphatic carbocycles. The maximum absolute atomic E-state index is 4.98. The molecule has 58 valence electrons. The van der Waals surface area contributed by atoms with E-state index in [-0.39, 0.29) is 0 Å². The number of hydrogen-bond acceptors (Lipinski definition) is 2. The van der Waals surface area contributed by atoms with Gasteiger partial charge in [0.05, 0.1) is 6.61 Å². The van der Waals surface area contributed by atoms with Crippen molar-refractivity contribution in [3.63, 3.8) is 0 Å². The van der Waals surface area contributed by atoms with Crippen LogP contribution in [0.4, 0.5) is 0 Å². The van der Waals surface area contributed by atoms with E-state index in [0.717, 1.165) is 26.0 Å². The third-order valence-electron chi connectivity index (χ3n) is 1.82. The van der Waals surface area contributed by atoms with Crippen LogP contribution < -0.4 is 0 Å². The van der Waals surface area contributed by atoms with Gasteiger partial charge in [-0.2, -0.15) is 0 Å². The van der Waals surface area contributed by atoms with Gasteiger partial charge in [0.1, 0.15) is 0 Å². The van der Waals surface area contributed by atoms with E-state index in [1.165, 1.54) is 13.1 Å². The Hall–Kier alpha value is -0.0800. The lowest BCUT2D eigenvalue weighted by Crippen LogP contribution is -2.32. The standard InChI is InChI=1S/C8H15NO/c1-10-8-7-9-5-3-2-4-6-9/h3-8H2,1H3. The van der Waals surface area contributed by atoms with Gasteiger partial charge in [0.15, 0.2) is 0 Å². The lowest BCUT2D eigenvalue weighted by molar-refractivity contribution is 0.142. The second-order valence-electron chi connectivity index (χ2n) is 2.58. The van der Waals surface area contributed by atoms with E-state index in [4.69, 9.17) is 4.74 Å². The highest BCUT2D eigenvalue weighted by molar-refractivity contribution is 4.75. The number of piperidine rings is 1. The summed E-state index contributed by atoms with van der Waals surface area (Å²) in [7, 11) is 1.75. The van der Waals surface area contributed by atoms with Gasteiger partial charge in [-0.1, -0.05) is 0 Å². The number of nitrogens with zero attached hydrogens (tertiary/aromatic N) is 1. The molecule has 0 aromatic carbocycles. The summed E-state index contributed by atoms with van der Waals surface area (Å²) in [5.41, 5.74) is 0. The van der Waals surface area contributed by atoms with Gasteiger partial charge in [0.2, 0.25) is 0 Å². The third kappa shape index (κ3) is 2.67. The molecule has 1 fully saturated rings. The molecule has 1 heterocycles. The van der Waals surface area contributed by atoms with E-state index in [1.807, 2.05) is 0 Å². The van der Waals surface area contributed by atoms with Gasteiger partial charge in [0.25, 0.3) is 0 Å². The molecule has 2 nitrogen and oxygen atoms in total. The summed E-state index contributed by atoms with van der Waals surface area (Å²) in [5, 5.41) is 0. The molecule has 1 aliphatic heterocycles. The minimum atomic E-state index is 0.861. The van der Waals surface area contributed by atoms with Crippen LogP contribution in [0.15, 0.2) is 0 Å². The van der Waals surface area contributed by atoms with Crippen LogP contribution in [0.1, 0.15) is 12.8 Å². The molecule has 0 aromatic rings. The smallest absolute Gasteiger partial charge is 0.0589 e. The summed E-state index contributed by atoms with van der Waals surface area (Å²) in [6.45, 7) is 4.28. The van der Waals surface area contributed by atoms with Crippen LogP contribution >= 0.6 is 0 Å². The Morgan fingerprint density at radius 2 is 2.10 bits per heavy atom. The Morgan fingerprint density at radius 3 is 2.70 bits per heavy atom. The van der Waals surface area contributed by atoms with Crippen LogP contribution in [0.25, 0.3) is 0 Å². The van der Waals surface area contributed by atoms with Crippen molar-refractivity contribution >= 4 is 0 Å². The lowest BCUT2D eigenvalue weighted by Gasteiger charge is -2.25. The minimum Gasteiger partial charge on any atom is -0.383 e. The zero-order valence-corrected chi connectivity index (χ0v) is 6.60. The van der Waals surface area contributed by atoms with Crippen LogP contribution in [-0.4, -0.2) is 38.3 Å². The van der Waals surface area contributed by atoms with Crippen molar-refractivity contribution in [1.29, 1.82) is 0 Å². The van der Waals surface area contributed by atoms with Crippen molar-refractivity contribution in [2.24, 2.45) is 0 Å². The Balaban J connectivity index is 2.02. The number of methoxy groups -OCH3 is 1. The molecule has 0 unspecified atom stereocenters. The lowest BCUT2D eigenvalue weighted by atomic mass is 10.1. The summed E-state index contributed by atoms with van der Waals surface area (Å²) in [6.07, 6.45) is 5.57. The summed E-state index contributed by atoms with van der Waals surface area (Å²) < 4.78 is 4.98. The third-order valence-corrected chi connectivity index (χ3v) is 1.82. The SMILES string of the molecule is COCCN1CC[C]CC1. The molecule has 0 aromatic heterocycles. The second kappa shape index (κ2) is 4.69. The Kier molecular flexibility index (Phi) is 3.76.